The lowest BCUT2D eigenvalue weighted by molar-refractivity contribution is 0.145. The van der Waals surface area contributed by atoms with Gasteiger partial charge >= 0.3 is 0 Å². The van der Waals surface area contributed by atoms with E-state index >= 15 is 0 Å². The summed E-state index contributed by atoms with van der Waals surface area (Å²) >= 11 is 1.82. The van der Waals surface area contributed by atoms with Crippen molar-refractivity contribution in [2.24, 2.45) is 5.92 Å². The molecule has 126 valence electrons. The Bertz CT molecular complexity index is 777. The van der Waals surface area contributed by atoms with Gasteiger partial charge < -0.3 is 5.32 Å². The highest BCUT2D eigenvalue weighted by Gasteiger charge is 2.25. The third-order valence-corrected chi connectivity index (χ3v) is 5.65. The molecule has 4 heterocycles. The van der Waals surface area contributed by atoms with Crippen molar-refractivity contribution in [2.75, 3.05) is 25.0 Å². The predicted octanol–water partition coefficient (Wildman–Crippen LogP) is 2.47. The minimum Gasteiger partial charge on any atom is -0.367 e. The summed E-state index contributed by atoms with van der Waals surface area (Å²) in [5.74, 6) is 1.63. The summed E-state index contributed by atoms with van der Waals surface area (Å²) in [4.78, 5) is 3.99. The third-order valence-electron chi connectivity index (χ3n) is 4.68. The summed E-state index contributed by atoms with van der Waals surface area (Å²) in [7, 11) is 0. The highest BCUT2D eigenvalue weighted by Crippen LogP contribution is 2.29. The maximum Gasteiger partial charge on any atom is 0.200 e. The molecule has 24 heavy (non-hydrogen) atoms. The Labute approximate surface area is 144 Å². The van der Waals surface area contributed by atoms with Crippen molar-refractivity contribution >= 4 is 22.8 Å². The van der Waals surface area contributed by atoms with E-state index in [1.165, 1.54) is 22.3 Å². The molecule has 1 aliphatic rings. The molecule has 3 aromatic heterocycles. The Kier molecular flexibility index (Phi) is 4.40. The fraction of sp³-hybridized carbons (Fsp3) is 0.500. The molecule has 7 nitrogen and oxygen atoms in total. The lowest BCUT2D eigenvalue weighted by atomic mass is 9.97. The van der Waals surface area contributed by atoms with E-state index in [0.29, 0.717) is 11.7 Å². The monoisotopic (exact) mass is 343 g/mol. The first-order chi connectivity index (χ1) is 11.8. The third kappa shape index (κ3) is 3.25. The molecule has 0 radical (unpaired) electrons. The molecule has 1 fully saturated rings. The van der Waals surface area contributed by atoms with Crippen molar-refractivity contribution in [1.29, 1.82) is 0 Å². The van der Waals surface area contributed by atoms with Crippen LogP contribution >= 0.6 is 11.3 Å². The first-order valence-corrected chi connectivity index (χ1v) is 9.24. The van der Waals surface area contributed by atoms with Crippen LogP contribution < -0.4 is 5.32 Å². The van der Waals surface area contributed by atoms with Gasteiger partial charge in [-0.25, -0.2) is 0 Å². The number of aromatic nitrogens is 5. The van der Waals surface area contributed by atoms with Crippen LogP contribution in [0.3, 0.4) is 0 Å². The van der Waals surface area contributed by atoms with Gasteiger partial charge in [-0.15, -0.1) is 26.2 Å². The van der Waals surface area contributed by atoms with Gasteiger partial charge in [0.05, 0.1) is 6.04 Å². The number of nitrogens with one attached hydrogen (secondary N) is 1. The fourth-order valence-electron chi connectivity index (χ4n) is 3.18. The molecule has 1 N–H and O–H groups in total. The number of likely N-dealkylation sites (tertiary alicyclic amines) is 1. The molecule has 1 atom stereocenters. The zero-order valence-electron chi connectivity index (χ0n) is 13.7. The number of rotatable bonds is 5. The zero-order valence-corrected chi connectivity index (χ0v) is 14.5. The molecule has 0 bridgehead atoms. The van der Waals surface area contributed by atoms with E-state index in [1.807, 2.05) is 23.5 Å². The molecule has 4 rings (SSSR count). The van der Waals surface area contributed by atoms with Gasteiger partial charge in [-0.1, -0.05) is 13.0 Å². The Morgan fingerprint density at radius 3 is 2.96 bits per heavy atom. The summed E-state index contributed by atoms with van der Waals surface area (Å²) in [6.07, 6.45) is 2.55. The van der Waals surface area contributed by atoms with E-state index in [4.69, 9.17) is 0 Å². The zero-order chi connectivity index (χ0) is 16.4. The molecule has 1 saturated heterocycles. The van der Waals surface area contributed by atoms with Gasteiger partial charge in [0.2, 0.25) is 0 Å². The van der Waals surface area contributed by atoms with Gasteiger partial charge in [-0.2, -0.15) is 0 Å². The van der Waals surface area contributed by atoms with Crippen LogP contribution in [-0.2, 0) is 0 Å². The highest BCUT2D eigenvalue weighted by atomic mass is 32.1. The number of thiophene rings is 1. The number of hydrogen-bond donors (Lipinski definition) is 1. The lowest BCUT2D eigenvalue weighted by Crippen LogP contribution is -2.38. The SMILES string of the molecule is CC1CCN(C(CNc2ccc3nnnn3n2)c2cccs2)CC1. The Balaban J connectivity index is 1.49. The van der Waals surface area contributed by atoms with Crippen LogP contribution in [0.15, 0.2) is 29.6 Å². The molecule has 0 saturated carbocycles. The van der Waals surface area contributed by atoms with Crippen molar-refractivity contribution in [2.45, 2.75) is 25.8 Å². The van der Waals surface area contributed by atoms with Crippen molar-refractivity contribution in [3.05, 3.63) is 34.5 Å². The standard InChI is InChI=1S/C16H21N7S/c1-12-6-8-22(9-7-12)13(14-3-2-10-24-14)11-17-15-4-5-16-18-20-21-23(16)19-15/h2-5,10,12-13H,6-9,11H2,1H3,(H,17,19). The van der Waals surface area contributed by atoms with E-state index in [1.54, 1.807) is 0 Å². The van der Waals surface area contributed by atoms with Crippen LogP contribution in [0, 0.1) is 5.92 Å². The van der Waals surface area contributed by atoms with E-state index in [2.05, 4.69) is 55.3 Å². The maximum absolute atomic E-state index is 4.40. The van der Waals surface area contributed by atoms with Gasteiger partial charge in [0.15, 0.2) is 5.65 Å². The molecule has 0 aromatic carbocycles. The molecule has 0 aliphatic carbocycles. The number of nitrogens with zero attached hydrogens (tertiary/aromatic N) is 6. The van der Waals surface area contributed by atoms with Crippen LogP contribution in [0.25, 0.3) is 5.65 Å². The number of piperidine rings is 1. The normalized spacial score (nSPS) is 18.0. The Hall–Kier alpha value is -2.06. The first-order valence-electron chi connectivity index (χ1n) is 8.36. The number of fused-ring (bicyclic) bond motifs is 1. The number of hydrogen-bond acceptors (Lipinski definition) is 7. The van der Waals surface area contributed by atoms with Gasteiger partial charge in [-0.05, 0) is 65.9 Å². The van der Waals surface area contributed by atoms with E-state index in [-0.39, 0.29) is 0 Å². The highest BCUT2D eigenvalue weighted by molar-refractivity contribution is 7.10. The van der Waals surface area contributed by atoms with Crippen LogP contribution in [0.2, 0.25) is 0 Å². The Morgan fingerprint density at radius 1 is 1.29 bits per heavy atom. The molecule has 8 heteroatoms. The number of anilines is 1. The van der Waals surface area contributed by atoms with E-state index < -0.39 is 0 Å². The minimum absolute atomic E-state index is 0.379. The second kappa shape index (κ2) is 6.82. The van der Waals surface area contributed by atoms with Crippen molar-refractivity contribution in [3.8, 4) is 0 Å². The average molecular weight is 343 g/mol. The van der Waals surface area contributed by atoms with Crippen molar-refractivity contribution < 1.29 is 0 Å². The summed E-state index contributed by atoms with van der Waals surface area (Å²) in [5.41, 5.74) is 0.653. The largest absolute Gasteiger partial charge is 0.367 e. The quantitative estimate of drug-likeness (QED) is 0.767. The molecular weight excluding hydrogens is 322 g/mol. The Morgan fingerprint density at radius 2 is 2.17 bits per heavy atom. The van der Waals surface area contributed by atoms with Crippen molar-refractivity contribution in [1.82, 2.24) is 30.2 Å². The average Bonchev–Trinajstić information content (AvgIpc) is 3.27. The summed E-state index contributed by atoms with van der Waals surface area (Å²) in [6, 6.07) is 8.54. The molecule has 0 spiro atoms. The smallest absolute Gasteiger partial charge is 0.200 e. The maximum atomic E-state index is 4.40. The molecule has 0 amide bonds. The minimum atomic E-state index is 0.379. The van der Waals surface area contributed by atoms with Crippen molar-refractivity contribution in [3.63, 3.8) is 0 Å². The predicted molar refractivity (Wildman–Crippen MR) is 94.1 cm³/mol. The van der Waals surface area contributed by atoms with Gasteiger partial charge in [0, 0.05) is 11.4 Å². The summed E-state index contributed by atoms with van der Waals surface area (Å²) in [5, 5.41) is 21.4. The van der Waals surface area contributed by atoms with Crippen LogP contribution in [0.1, 0.15) is 30.7 Å². The fourth-order valence-corrected chi connectivity index (χ4v) is 4.04. The topological polar surface area (TPSA) is 71.2 Å². The van der Waals surface area contributed by atoms with Gasteiger partial charge in [0.1, 0.15) is 5.82 Å². The number of tetrazole rings is 1. The van der Waals surface area contributed by atoms with Gasteiger partial charge in [-0.3, -0.25) is 4.90 Å². The first kappa shape index (κ1) is 15.5. The summed E-state index contributed by atoms with van der Waals surface area (Å²) < 4.78 is 1.45. The van der Waals surface area contributed by atoms with E-state index in [9.17, 15) is 0 Å². The molecular formula is C16H21N7S. The van der Waals surface area contributed by atoms with Crippen LogP contribution in [-0.4, -0.2) is 49.8 Å². The lowest BCUT2D eigenvalue weighted by Gasteiger charge is -2.36. The molecule has 3 aromatic rings. The molecule has 1 aliphatic heterocycles. The summed E-state index contributed by atoms with van der Waals surface area (Å²) in [6.45, 7) is 5.49. The second-order valence-electron chi connectivity index (χ2n) is 6.38. The van der Waals surface area contributed by atoms with Gasteiger partial charge in [0.25, 0.3) is 0 Å². The van der Waals surface area contributed by atoms with Crippen LogP contribution in [0.5, 0.6) is 0 Å². The molecule has 1 unspecified atom stereocenters. The van der Waals surface area contributed by atoms with E-state index in [0.717, 1.165) is 31.4 Å². The van der Waals surface area contributed by atoms with Crippen LogP contribution in [0.4, 0.5) is 5.82 Å². The second-order valence-corrected chi connectivity index (χ2v) is 7.35.